The number of esters is 1. The van der Waals surface area contributed by atoms with Crippen LogP contribution >= 0.6 is 0 Å². The number of nitrogens with one attached hydrogen (secondary N) is 1. The van der Waals surface area contributed by atoms with Crippen LogP contribution in [0.25, 0.3) is 0 Å². The maximum Gasteiger partial charge on any atom is 0.354 e. The van der Waals surface area contributed by atoms with E-state index in [9.17, 15) is 9.59 Å². The Labute approximate surface area is 137 Å². The third-order valence-corrected chi connectivity index (χ3v) is 4.05. The minimum atomic E-state index is -0.469. The average Bonchev–Trinajstić information content (AvgIpc) is 2.45. The smallest absolute Gasteiger partial charge is 0.354 e. The van der Waals surface area contributed by atoms with E-state index in [2.05, 4.69) is 43.4 Å². The van der Waals surface area contributed by atoms with E-state index in [1.807, 2.05) is 13.8 Å². The highest BCUT2D eigenvalue weighted by atomic mass is 16.5. The van der Waals surface area contributed by atoms with Gasteiger partial charge in [-0.3, -0.25) is 4.79 Å². The second kappa shape index (κ2) is 6.52. The molecule has 0 saturated heterocycles. The van der Waals surface area contributed by atoms with Crippen molar-refractivity contribution in [1.82, 2.24) is 5.43 Å². The van der Waals surface area contributed by atoms with Gasteiger partial charge in [0.05, 0.1) is 0 Å². The number of rotatable bonds is 3. The van der Waals surface area contributed by atoms with Crippen molar-refractivity contribution in [3.05, 3.63) is 34.4 Å². The lowest BCUT2D eigenvalue weighted by atomic mass is 9.84. The SMILES string of the molecule is Cc1cc(C(C)(C)C)cc(C)c1COC(=O)C1=NNC(=O)CC1. The second-order valence-corrected chi connectivity index (χ2v) is 7.01. The molecule has 0 atom stereocenters. The zero-order chi connectivity index (χ0) is 17.2. The van der Waals surface area contributed by atoms with Crippen molar-refractivity contribution >= 4 is 17.6 Å². The van der Waals surface area contributed by atoms with Gasteiger partial charge in [-0.05, 0) is 41.5 Å². The summed E-state index contributed by atoms with van der Waals surface area (Å²) in [6.07, 6.45) is 0.595. The fourth-order valence-electron chi connectivity index (χ4n) is 2.50. The fourth-order valence-corrected chi connectivity index (χ4v) is 2.50. The average molecular weight is 316 g/mol. The summed E-state index contributed by atoms with van der Waals surface area (Å²) < 4.78 is 5.37. The second-order valence-electron chi connectivity index (χ2n) is 7.01. The van der Waals surface area contributed by atoms with Crippen molar-refractivity contribution < 1.29 is 14.3 Å². The van der Waals surface area contributed by atoms with E-state index in [1.54, 1.807) is 0 Å². The van der Waals surface area contributed by atoms with Gasteiger partial charge in [-0.1, -0.05) is 32.9 Å². The summed E-state index contributed by atoms with van der Waals surface area (Å²) in [4.78, 5) is 23.1. The first kappa shape index (κ1) is 17.2. The normalized spacial score (nSPS) is 15.0. The largest absolute Gasteiger partial charge is 0.456 e. The van der Waals surface area contributed by atoms with E-state index in [-0.39, 0.29) is 30.1 Å². The number of aryl methyl sites for hydroxylation is 2. The van der Waals surface area contributed by atoms with Crippen LogP contribution in [0.5, 0.6) is 0 Å². The Morgan fingerprint density at radius 1 is 1.22 bits per heavy atom. The Bertz CT molecular complexity index is 646. The third-order valence-electron chi connectivity index (χ3n) is 4.05. The van der Waals surface area contributed by atoms with Crippen LogP contribution in [-0.4, -0.2) is 17.6 Å². The van der Waals surface area contributed by atoms with Gasteiger partial charge in [0.1, 0.15) is 12.3 Å². The van der Waals surface area contributed by atoms with Gasteiger partial charge in [-0.15, -0.1) is 0 Å². The molecule has 1 heterocycles. The molecule has 23 heavy (non-hydrogen) atoms. The van der Waals surface area contributed by atoms with Gasteiger partial charge in [0.15, 0.2) is 0 Å². The molecule has 1 aromatic carbocycles. The molecular formula is C18H24N2O3. The molecule has 1 amide bonds. The number of benzene rings is 1. The summed E-state index contributed by atoms with van der Waals surface area (Å²) in [7, 11) is 0. The Morgan fingerprint density at radius 2 is 1.83 bits per heavy atom. The number of hydrogen-bond donors (Lipinski definition) is 1. The summed E-state index contributed by atoms with van der Waals surface area (Å²) >= 11 is 0. The van der Waals surface area contributed by atoms with Crippen LogP contribution in [0.2, 0.25) is 0 Å². The summed E-state index contributed by atoms with van der Waals surface area (Å²) in [5, 5.41) is 3.76. The van der Waals surface area contributed by atoms with E-state index < -0.39 is 5.97 Å². The quantitative estimate of drug-likeness (QED) is 0.872. The van der Waals surface area contributed by atoms with E-state index in [0.29, 0.717) is 6.42 Å². The van der Waals surface area contributed by atoms with Crippen molar-refractivity contribution in [2.24, 2.45) is 5.10 Å². The van der Waals surface area contributed by atoms with E-state index >= 15 is 0 Å². The molecule has 5 heteroatoms. The predicted molar refractivity (Wildman–Crippen MR) is 89.2 cm³/mol. The third kappa shape index (κ3) is 4.18. The molecule has 1 aromatic rings. The lowest BCUT2D eigenvalue weighted by Gasteiger charge is -2.22. The lowest BCUT2D eigenvalue weighted by Crippen LogP contribution is -2.30. The van der Waals surface area contributed by atoms with Gasteiger partial charge >= 0.3 is 5.97 Å². The number of amides is 1. The molecule has 0 bridgehead atoms. The molecule has 5 nitrogen and oxygen atoms in total. The first-order valence-electron chi connectivity index (χ1n) is 7.81. The van der Waals surface area contributed by atoms with Crippen molar-refractivity contribution in [3.8, 4) is 0 Å². The number of hydrogen-bond acceptors (Lipinski definition) is 4. The standard InChI is InChI=1S/C18H24N2O3/c1-11-8-13(18(3,4)5)9-12(2)14(11)10-23-17(22)15-6-7-16(21)20-19-15/h8-9H,6-7,10H2,1-5H3,(H,20,21). The highest BCUT2D eigenvalue weighted by Crippen LogP contribution is 2.27. The highest BCUT2D eigenvalue weighted by Gasteiger charge is 2.21. The van der Waals surface area contributed by atoms with E-state index in [0.717, 1.165) is 16.7 Å². The minimum Gasteiger partial charge on any atom is -0.456 e. The van der Waals surface area contributed by atoms with Crippen LogP contribution in [0.15, 0.2) is 17.2 Å². The summed E-state index contributed by atoms with van der Waals surface area (Å²) in [6.45, 7) is 10.8. The summed E-state index contributed by atoms with van der Waals surface area (Å²) in [5.74, 6) is -0.644. The van der Waals surface area contributed by atoms with Crippen LogP contribution in [0.4, 0.5) is 0 Å². The van der Waals surface area contributed by atoms with Gasteiger partial charge in [-0.2, -0.15) is 5.10 Å². The number of ether oxygens (including phenoxy) is 1. The van der Waals surface area contributed by atoms with Gasteiger partial charge in [0.2, 0.25) is 5.91 Å². The summed E-state index contributed by atoms with van der Waals surface area (Å²) in [5.41, 5.74) is 7.17. The van der Waals surface area contributed by atoms with E-state index in [1.165, 1.54) is 5.56 Å². The monoisotopic (exact) mass is 316 g/mol. The molecule has 1 N–H and O–H groups in total. The fraction of sp³-hybridized carbons (Fsp3) is 0.500. The molecule has 0 fully saturated rings. The van der Waals surface area contributed by atoms with Crippen molar-refractivity contribution in [1.29, 1.82) is 0 Å². The highest BCUT2D eigenvalue weighted by molar-refractivity contribution is 6.37. The maximum absolute atomic E-state index is 12.0. The number of carbonyl (C=O) groups excluding carboxylic acids is 2. The zero-order valence-electron chi connectivity index (χ0n) is 14.4. The number of carbonyl (C=O) groups is 2. The van der Waals surface area contributed by atoms with Gasteiger partial charge in [0, 0.05) is 12.8 Å². The maximum atomic E-state index is 12.0. The first-order valence-corrected chi connectivity index (χ1v) is 7.81. The van der Waals surface area contributed by atoms with Crippen LogP contribution in [-0.2, 0) is 26.3 Å². The molecule has 1 aliphatic rings. The van der Waals surface area contributed by atoms with Crippen molar-refractivity contribution in [2.75, 3.05) is 0 Å². The zero-order valence-corrected chi connectivity index (χ0v) is 14.4. The van der Waals surface area contributed by atoms with Crippen LogP contribution in [0.1, 0.15) is 55.9 Å². The Kier molecular flexibility index (Phi) is 4.88. The summed E-state index contributed by atoms with van der Waals surface area (Å²) in [6, 6.07) is 4.29. The van der Waals surface area contributed by atoms with Crippen molar-refractivity contribution in [3.63, 3.8) is 0 Å². The molecular weight excluding hydrogens is 292 g/mol. The van der Waals surface area contributed by atoms with Crippen molar-refractivity contribution in [2.45, 2.75) is 59.5 Å². The Hall–Kier alpha value is -2.17. The van der Waals surface area contributed by atoms with E-state index in [4.69, 9.17) is 4.74 Å². The molecule has 1 aliphatic heterocycles. The molecule has 2 rings (SSSR count). The van der Waals surface area contributed by atoms with Gasteiger partial charge in [0.25, 0.3) is 0 Å². The molecule has 0 spiro atoms. The molecule has 0 saturated carbocycles. The van der Waals surface area contributed by atoms with Crippen LogP contribution in [0, 0.1) is 13.8 Å². The molecule has 124 valence electrons. The Balaban J connectivity index is 2.09. The van der Waals surface area contributed by atoms with Gasteiger partial charge < -0.3 is 4.74 Å². The number of hydrazone groups is 1. The molecule has 0 radical (unpaired) electrons. The minimum absolute atomic E-state index is 0.0831. The van der Waals surface area contributed by atoms with Crippen LogP contribution in [0.3, 0.4) is 0 Å². The Morgan fingerprint density at radius 3 is 2.30 bits per heavy atom. The predicted octanol–water partition coefficient (Wildman–Crippen LogP) is 2.91. The number of nitrogens with zero attached hydrogens (tertiary/aromatic N) is 1. The molecule has 0 unspecified atom stereocenters. The lowest BCUT2D eigenvalue weighted by molar-refractivity contribution is -0.137. The molecule has 0 aromatic heterocycles. The topological polar surface area (TPSA) is 67.8 Å². The molecule has 0 aliphatic carbocycles. The first-order chi connectivity index (χ1) is 10.7. The van der Waals surface area contributed by atoms with Gasteiger partial charge in [-0.25, -0.2) is 10.2 Å². The van der Waals surface area contributed by atoms with Crippen LogP contribution < -0.4 is 5.43 Å².